The molecule has 0 bridgehead atoms. The number of halogens is 6. The number of anilines is 1. The third-order valence-electron chi connectivity index (χ3n) is 4.06. The molecule has 0 fully saturated rings. The van der Waals surface area contributed by atoms with Crippen molar-refractivity contribution in [3.05, 3.63) is 67.4 Å². The molecule has 0 aliphatic rings. The Morgan fingerprint density at radius 3 is 2.41 bits per heavy atom. The Labute approximate surface area is 211 Å². The lowest BCUT2D eigenvalue weighted by molar-refractivity contribution is -0.141. The van der Waals surface area contributed by atoms with Crippen molar-refractivity contribution in [3.63, 3.8) is 0 Å². The quantitative estimate of drug-likeness (QED) is 0.370. The molecule has 34 heavy (non-hydrogen) atoms. The molecular weight excluding hydrogens is 613 g/mol. The molecule has 0 unspecified atom stereocenters. The minimum Gasteiger partial charge on any atom is -0.319 e. The summed E-state index contributed by atoms with van der Waals surface area (Å²) in [5.41, 5.74) is 2.17. The lowest BCUT2D eigenvalue weighted by atomic mass is 10.1. The van der Waals surface area contributed by atoms with Gasteiger partial charge < -0.3 is 5.32 Å². The van der Waals surface area contributed by atoms with Gasteiger partial charge in [0.25, 0.3) is 11.8 Å². The minimum atomic E-state index is -4.86. The van der Waals surface area contributed by atoms with E-state index >= 15 is 0 Å². The van der Waals surface area contributed by atoms with E-state index in [-0.39, 0.29) is 26.6 Å². The van der Waals surface area contributed by atoms with Gasteiger partial charge in [-0.15, -0.1) is 0 Å². The minimum absolute atomic E-state index is 0.0476. The van der Waals surface area contributed by atoms with Crippen molar-refractivity contribution in [1.29, 1.82) is 0 Å². The molecule has 0 saturated carbocycles. The van der Waals surface area contributed by atoms with Gasteiger partial charge in [-0.05, 0) is 40.2 Å². The van der Waals surface area contributed by atoms with Gasteiger partial charge in [0.1, 0.15) is 5.69 Å². The maximum atomic E-state index is 13.4. The number of benzene rings is 1. The van der Waals surface area contributed by atoms with Gasteiger partial charge in [0, 0.05) is 28.1 Å². The highest BCUT2D eigenvalue weighted by Crippen LogP contribution is 2.33. The van der Waals surface area contributed by atoms with E-state index in [1.54, 1.807) is 0 Å². The maximum absolute atomic E-state index is 13.4. The molecule has 0 atom stereocenters. The van der Waals surface area contributed by atoms with Gasteiger partial charge in [-0.25, -0.2) is 9.67 Å². The Morgan fingerprint density at radius 2 is 1.79 bits per heavy atom. The number of aromatic nitrogens is 3. The van der Waals surface area contributed by atoms with E-state index in [0.29, 0.717) is 15.2 Å². The van der Waals surface area contributed by atoms with Gasteiger partial charge in [0.2, 0.25) is 5.91 Å². The average molecular weight is 625 g/mol. The zero-order valence-corrected chi connectivity index (χ0v) is 20.7. The predicted octanol–water partition coefficient (Wildman–Crippen LogP) is 4.50. The van der Waals surface area contributed by atoms with E-state index in [1.165, 1.54) is 37.4 Å². The van der Waals surface area contributed by atoms with Crippen LogP contribution in [0.15, 0.2) is 45.5 Å². The fourth-order valence-corrected chi connectivity index (χ4v) is 4.17. The summed E-state index contributed by atoms with van der Waals surface area (Å²) in [6.07, 6.45) is -3.59. The second kappa shape index (κ2) is 10.1. The van der Waals surface area contributed by atoms with Crippen molar-refractivity contribution < 1.29 is 27.6 Å². The molecule has 0 radical (unpaired) electrons. The Morgan fingerprint density at radius 1 is 1.09 bits per heavy atom. The highest BCUT2D eigenvalue weighted by Gasteiger charge is 2.37. The first kappa shape index (κ1) is 25.6. The number of amides is 3. The fraction of sp³-hybridized carbons (Fsp3) is 0.105. The molecule has 9 nitrogen and oxygen atoms in total. The zero-order chi connectivity index (χ0) is 25.2. The van der Waals surface area contributed by atoms with Crippen LogP contribution in [0, 0.1) is 0 Å². The SMILES string of the molecule is CC(=O)NNC(=O)c1cc(Br)cc(Br)c1NC(=O)c1cc(C(F)(F)F)nn1-c1ncccc1Cl. The van der Waals surface area contributed by atoms with Crippen LogP contribution >= 0.6 is 43.5 Å². The number of nitrogens with one attached hydrogen (secondary N) is 3. The molecule has 2 aromatic heterocycles. The maximum Gasteiger partial charge on any atom is 0.435 e. The summed E-state index contributed by atoms with van der Waals surface area (Å²) >= 11 is 12.5. The monoisotopic (exact) mass is 622 g/mol. The second-order valence-electron chi connectivity index (χ2n) is 6.53. The average Bonchev–Trinajstić information content (AvgIpc) is 3.20. The summed E-state index contributed by atoms with van der Waals surface area (Å²) in [5.74, 6) is -2.60. The summed E-state index contributed by atoms with van der Waals surface area (Å²) < 4.78 is 41.4. The number of carbonyl (C=O) groups is 3. The summed E-state index contributed by atoms with van der Waals surface area (Å²) in [4.78, 5) is 40.7. The third-order valence-corrected chi connectivity index (χ3v) is 5.44. The highest BCUT2D eigenvalue weighted by molar-refractivity contribution is 9.11. The van der Waals surface area contributed by atoms with Crippen molar-refractivity contribution in [2.45, 2.75) is 13.1 Å². The summed E-state index contributed by atoms with van der Waals surface area (Å²) in [6, 6.07) is 6.20. The van der Waals surface area contributed by atoms with Crippen molar-refractivity contribution >= 4 is 66.9 Å². The number of hydrogen-bond acceptors (Lipinski definition) is 5. The van der Waals surface area contributed by atoms with Gasteiger partial charge in [0.05, 0.1) is 16.3 Å². The molecule has 1 aromatic carbocycles. The highest BCUT2D eigenvalue weighted by atomic mass is 79.9. The number of hydrogen-bond donors (Lipinski definition) is 3. The van der Waals surface area contributed by atoms with E-state index in [9.17, 15) is 27.6 Å². The number of pyridine rings is 1. The lowest BCUT2D eigenvalue weighted by Gasteiger charge is -2.15. The number of alkyl halides is 3. The smallest absolute Gasteiger partial charge is 0.319 e. The van der Waals surface area contributed by atoms with Gasteiger partial charge in [-0.3, -0.25) is 25.2 Å². The Bertz CT molecular complexity index is 1300. The molecule has 3 aromatic rings. The number of carbonyl (C=O) groups excluding carboxylic acids is 3. The largest absolute Gasteiger partial charge is 0.435 e. The standard InChI is InChI=1S/C19H12Br2ClF3N6O3/c1-8(32)28-29-17(33)10-5-9(20)6-11(21)15(10)27-18(34)13-7-14(19(23,24)25)30-31(13)16-12(22)3-2-4-26-16/h2-7H,1H3,(H,27,34)(H,28,32)(H,29,33). The van der Waals surface area contributed by atoms with E-state index in [2.05, 4.69) is 58.1 Å². The van der Waals surface area contributed by atoms with Crippen molar-refractivity contribution in [2.75, 3.05) is 5.32 Å². The van der Waals surface area contributed by atoms with Crippen LogP contribution in [-0.2, 0) is 11.0 Å². The summed E-state index contributed by atoms with van der Waals surface area (Å²) in [7, 11) is 0. The molecule has 178 valence electrons. The predicted molar refractivity (Wildman–Crippen MR) is 122 cm³/mol. The second-order valence-corrected chi connectivity index (χ2v) is 8.71. The number of hydrazine groups is 1. The van der Waals surface area contributed by atoms with Crippen LogP contribution in [-0.4, -0.2) is 32.5 Å². The van der Waals surface area contributed by atoms with Gasteiger partial charge in [-0.2, -0.15) is 18.3 Å². The van der Waals surface area contributed by atoms with Crippen LogP contribution in [0.4, 0.5) is 18.9 Å². The van der Waals surface area contributed by atoms with Crippen molar-refractivity contribution in [1.82, 2.24) is 25.6 Å². The van der Waals surface area contributed by atoms with Crippen LogP contribution < -0.4 is 16.2 Å². The van der Waals surface area contributed by atoms with Crippen molar-refractivity contribution in [3.8, 4) is 5.82 Å². The molecular formula is C19H12Br2ClF3N6O3. The molecule has 3 N–H and O–H groups in total. The molecule has 3 amide bonds. The fourth-order valence-electron chi connectivity index (χ4n) is 2.65. The molecule has 0 spiro atoms. The van der Waals surface area contributed by atoms with E-state index in [4.69, 9.17) is 11.6 Å². The van der Waals surface area contributed by atoms with E-state index in [0.717, 1.165) is 0 Å². The molecule has 0 aliphatic heterocycles. The Balaban J connectivity index is 2.07. The van der Waals surface area contributed by atoms with Crippen LogP contribution in [0.25, 0.3) is 5.82 Å². The molecule has 2 heterocycles. The van der Waals surface area contributed by atoms with E-state index < -0.39 is 35.3 Å². The number of nitrogens with zero attached hydrogens (tertiary/aromatic N) is 3. The normalized spacial score (nSPS) is 11.1. The Kier molecular flexibility index (Phi) is 7.63. The summed E-state index contributed by atoms with van der Waals surface area (Å²) in [5, 5.41) is 5.81. The van der Waals surface area contributed by atoms with Gasteiger partial charge >= 0.3 is 6.18 Å². The van der Waals surface area contributed by atoms with Crippen molar-refractivity contribution in [2.24, 2.45) is 0 Å². The zero-order valence-electron chi connectivity index (χ0n) is 16.8. The topological polar surface area (TPSA) is 118 Å². The molecule has 0 aliphatic carbocycles. The van der Waals surface area contributed by atoms with Crippen LogP contribution in [0.1, 0.15) is 33.5 Å². The lowest BCUT2D eigenvalue weighted by Crippen LogP contribution is -2.40. The van der Waals surface area contributed by atoms with Gasteiger partial charge in [-0.1, -0.05) is 27.5 Å². The first-order valence-corrected chi connectivity index (χ1v) is 11.0. The van der Waals surface area contributed by atoms with Gasteiger partial charge in [0.15, 0.2) is 11.5 Å². The van der Waals surface area contributed by atoms with Crippen LogP contribution in [0.2, 0.25) is 5.02 Å². The van der Waals surface area contributed by atoms with Crippen LogP contribution in [0.3, 0.4) is 0 Å². The first-order chi connectivity index (χ1) is 15.9. The van der Waals surface area contributed by atoms with Crippen LogP contribution in [0.5, 0.6) is 0 Å². The Hall–Kier alpha value is -2.97. The molecule has 15 heteroatoms. The molecule has 3 rings (SSSR count). The third kappa shape index (κ3) is 5.74. The summed E-state index contributed by atoms with van der Waals surface area (Å²) in [6.45, 7) is 1.17. The van der Waals surface area contributed by atoms with E-state index in [1.807, 2.05) is 0 Å². The number of rotatable bonds is 4. The first-order valence-electron chi connectivity index (χ1n) is 9.04. The molecule has 0 saturated heterocycles.